The van der Waals surface area contributed by atoms with Crippen LogP contribution in [0.1, 0.15) is 43.2 Å². The average Bonchev–Trinajstić information content (AvgIpc) is 3.25. The minimum absolute atomic E-state index is 0.0356. The summed E-state index contributed by atoms with van der Waals surface area (Å²) in [6.07, 6.45) is 5.10. The third kappa shape index (κ3) is 4.18. The summed E-state index contributed by atoms with van der Waals surface area (Å²) in [5, 5.41) is 23.7. The van der Waals surface area contributed by atoms with E-state index in [1.807, 2.05) is 13.0 Å². The van der Waals surface area contributed by atoms with Gasteiger partial charge in [0, 0.05) is 31.3 Å². The van der Waals surface area contributed by atoms with Gasteiger partial charge in [-0.25, -0.2) is 4.99 Å². The molecule has 4 rings (SSSR count). The smallest absolute Gasteiger partial charge is 0.237 e. The zero-order valence-corrected chi connectivity index (χ0v) is 17.9. The van der Waals surface area contributed by atoms with Crippen LogP contribution in [0.25, 0.3) is 0 Å². The van der Waals surface area contributed by atoms with Crippen molar-refractivity contribution in [3.63, 3.8) is 0 Å². The number of aromatic hydroxyl groups is 1. The van der Waals surface area contributed by atoms with Gasteiger partial charge in [0.2, 0.25) is 11.8 Å². The van der Waals surface area contributed by atoms with Gasteiger partial charge in [0.25, 0.3) is 0 Å². The summed E-state index contributed by atoms with van der Waals surface area (Å²) in [7, 11) is 1.68. The highest BCUT2D eigenvalue weighted by molar-refractivity contribution is 5.97. The fourth-order valence-electron chi connectivity index (χ4n) is 5.29. The first-order chi connectivity index (χ1) is 14.5. The summed E-state index contributed by atoms with van der Waals surface area (Å²) in [4.78, 5) is 19.3. The maximum atomic E-state index is 12.6. The zero-order chi connectivity index (χ0) is 21.3. The molecule has 5 atom stereocenters. The van der Waals surface area contributed by atoms with Crippen LogP contribution in [0.15, 0.2) is 23.2 Å². The highest BCUT2D eigenvalue weighted by Gasteiger charge is 2.41. The van der Waals surface area contributed by atoms with Crippen molar-refractivity contribution in [2.45, 2.75) is 57.2 Å². The number of hydrogen-bond acceptors (Lipinski definition) is 6. The van der Waals surface area contributed by atoms with Crippen LogP contribution in [-0.4, -0.2) is 71.8 Å². The topological polar surface area (TPSA) is 94.4 Å². The van der Waals surface area contributed by atoms with Crippen molar-refractivity contribution in [1.82, 2.24) is 10.2 Å². The number of β-amino-alcohol motifs (C(OH)–C–C–N with tert-alkyl or cyclic N) is 1. The van der Waals surface area contributed by atoms with E-state index in [1.165, 1.54) is 25.7 Å². The van der Waals surface area contributed by atoms with Crippen LogP contribution in [0.3, 0.4) is 0 Å². The molecule has 3 N–H and O–H groups in total. The van der Waals surface area contributed by atoms with Crippen LogP contribution < -0.4 is 5.32 Å². The molecule has 0 bridgehead atoms. The van der Waals surface area contributed by atoms with Gasteiger partial charge in [-0.3, -0.25) is 9.69 Å². The number of rotatable bonds is 5. The molecule has 3 aliphatic rings. The first-order valence-corrected chi connectivity index (χ1v) is 11.1. The van der Waals surface area contributed by atoms with Crippen LogP contribution in [-0.2, 0) is 9.53 Å². The molecule has 7 nitrogen and oxygen atoms in total. The molecule has 1 aromatic rings. The third-order valence-electron chi connectivity index (χ3n) is 7.13. The molecule has 1 aliphatic carbocycles. The van der Waals surface area contributed by atoms with E-state index in [0.29, 0.717) is 36.4 Å². The number of aliphatic imine (C=N–C) groups is 1. The molecule has 1 saturated carbocycles. The lowest BCUT2D eigenvalue weighted by atomic mass is 9.72. The largest absolute Gasteiger partial charge is 0.508 e. The Morgan fingerprint density at radius 1 is 1.33 bits per heavy atom. The predicted octanol–water partition coefficient (Wildman–Crippen LogP) is 1.83. The number of likely N-dealkylation sites (tertiary alicyclic amines) is 1. The quantitative estimate of drug-likeness (QED) is 0.682. The molecule has 0 aromatic heterocycles. The van der Waals surface area contributed by atoms with Crippen LogP contribution in [0, 0.1) is 18.8 Å². The van der Waals surface area contributed by atoms with Gasteiger partial charge in [-0.05, 0) is 43.7 Å². The van der Waals surface area contributed by atoms with Crippen molar-refractivity contribution in [1.29, 1.82) is 0 Å². The van der Waals surface area contributed by atoms with Gasteiger partial charge in [0.05, 0.1) is 12.1 Å². The van der Waals surface area contributed by atoms with Gasteiger partial charge in [0.15, 0.2) is 0 Å². The van der Waals surface area contributed by atoms with Crippen LogP contribution in [0.4, 0.5) is 0 Å². The normalized spacial score (nSPS) is 30.2. The molecule has 1 saturated heterocycles. The summed E-state index contributed by atoms with van der Waals surface area (Å²) in [5.41, 5.74) is 1.46. The number of likely N-dealkylation sites (N-methyl/N-ethyl adjacent to an activating group) is 1. The number of aliphatic hydroxyl groups excluding tert-OH is 1. The minimum Gasteiger partial charge on any atom is -0.508 e. The van der Waals surface area contributed by atoms with Crippen molar-refractivity contribution < 1.29 is 19.7 Å². The molecule has 0 unspecified atom stereocenters. The summed E-state index contributed by atoms with van der Waals surface area (Å²) in [6, 6.07) is 4.68. The average molecular weight is 416 g/mol. The number of nitrogens with one attached hydrogen (secondary N) is 1. The van der Waals surface area contributed by atoms with E-state index >= 15 is 0 Å². The van der Waals surface area contributed by atoms with Gasteiger partial charge >= 0.3 is 0 Å². The second kappa shape index (κ2) is 8.94. The summed E-state index contributed by atoms with van der Waals surface area (Å²) >= 11 is 0. The molecule has 0 spiro atoms. The number of carbonyl (C=O) groups is 1. The Hall–Kier alpha value is -2.12. The second-order valence-corrected chi connectivity index (χ2v) is 8.95. The first kappa shape index (κ1) is 21.1. The van der Waals surface area contributed by atoms with Crippen LogP contribution in [0.5, 0.6) is 5.75 Å². The van der Waals surface area contributed by atoms with Gasteiger partial charge in [-0.15, -0.1) is 0 Å². The highest BCUT2D eigenvalue weighted by Crippen LogP contribution is 2.38. The molecule has 2 aliphatic heterocycles. The monoisotopic (exact) mass is 415 g/mol. The van der Waals surface area contributed by atoms with Gasteiger partial charge in [0.1, 0.15) is 18.4 Å². The van der Waals surface area contributed by atoms with E-state index in [4.69, 9.17) is 4.74 Å². The van der Waals surface area contributed by atoms with Crippen LogP contribution in [0.2, 0.25) is 0 Å². The molecule has 1 amide bonds. The Balaban J connectivity index is 1.46. The maximum absolute atomic E-state index is 12.6. The number of phenolic OH excluding ortho intramolecular Hbond substituents is 1. The fourth-order valence-corrected chi connectivity index (χ4v) is 5.29. The van der Waals surface area contributed by atoms with Crippen LogP contribution >= 0.6 is 0 Å². The number of benzene rings is 1. The molecular formula is C23H33N3O4. The Morgan fingerprint density at radius 2 is 2.10 bits per heavy atom. The number of ether oxygens (including phenoxy) is 1. The Morgan fingerprint density at radius 3 is 2.87 bits per heavy atom. The highest BCUT2D eigenvalue weighted by atomic mass is 16.5. The standard InChI is InChI=1S/C23H33N3O4/c1-14-17(8-5-9-20(14)27)23-25-18(13-30-23)21(28)12-26-11-16-7-4-3-6-15(16)10-19(26)22(29)24-2/h5,8-9,15-16,18-19,21,27-28H,3-4,6-7,10-13H2,1-2H3,(H,24,29)/t15-,16+,18-,19-,21+/m0/s1. The lowest BCUT2D eigenvalue weighted by Gasteiger charge is -2.46. The molecule has 1 aromatic carbocycles. The van der Waals surface area contributed by atoms with E-state index in [1.54, 1.807) is 19.2 Å². The Labute approximate surface area is 178 Å². The van der Waals surface area contributed by atoms with Gasteiger partial charge < -0.3 is 20.3 Å². The lowest BCUT2D eigenvalue weighted by molar-refractivity contribution is -0.130. The number of fused-ring (bicyclic) bond motifs is 1. The fraction of sp³-hybridized carbons (Fsp3) is 0.652. The number of piperidine rings is 1. The number of phenols is 1. The number of amides is 1. The van der Waals surface area contributed by atoms with Crippen molar-refractivity contribution in [2.75, 3.05) is 26.7 Å². The Kier molecular flexibility index (Phi) is 6.29. The summed E-state index contributed by atoms with van der Waals surface area (Å²) in [5.74, 6) is 1.92. The SMILES string of the molecule is CNC(=O)[C@@H]1C[C@@H]2CCCC[C@@H]2CN1C[C@@H](O)[C@@H]1COC(c2cccc(O)c2C)=N1. The molecule has 2 fully saturated rings. The van der Waals surface area contributed by atoms with E-state index in [-0.39, 0.29) is 23.7 Å². The first-order valence-electron chi connectivity index (χ1n) is 11.1. The number of carbonyl (C=O) groups excluding carboxylic acids is 1. The van der Waals surface area contributed by atoms with Crippen molar-refractivity contribution in [3.05, 3.63) is 29.3 Å². The predicted molar refractivity (Wildman–Crippen MR) is 115 cm³/mol. The molecular weight excluding hydrogens is 382 g/mol. The molecule has 0 radical (unpaired) electrons. The van der Waals surface area contributed by atoms with Crippen molar-refractivity contribution in [2.24, 2.45) is 16.8 Å². The van der Waals surface area contributed by atoms with Gasteiger partial charge in [-0.2, -0.15) is 0 Å². The van der Waals surface area contributed by atoms with E-state index in [9.17, 15) is 15.0 Å². The Bertz CT molecular complexity index is 812. The van der Waals surface area contributed by atoms with Gasteiger partial charge in [-0.1, -0.05) is 25.3 Å². The summed E-state index contributed by atoms with van der Waals surface area (Å²) < 4.78 is 5.76. The molecule has 164 valence electrons. The van der Waals surface area contributed by atoms with E-state index in [2.05, 4.69) is 15.2 Å². The summed E-state index contributed by atoms with van der Waals surface area (Å²) in [6.45, 7) is 3.39. The zero-order valence-electron chi connectivity index (χ0n) is 17.9. The molecule has 2 heterocycles. The number of aliphatic hydroxyl groups is 1. The van der Waals surface area contributed by atoms with E-state index in [0.717, 1.165) is 18.5 Å². The molecule has 30 heavy (non-hydrogen) atoms. The van der Waals surface area contributed by atoms with Crippen molar-refractivity contribution >= 4 is 11.8 Å². The number of hydrogen-bond donors (Lipinski definition) is 3. The maximum Gasteiger partial charge on any atom is 0.237 e. The molecule has 7 heteroatoms. The minimum atomic E-state index is -0.715. The second-order valence-electron chi connectivity index (χ2n) is 8.95. The number of nitrogens with zero attached hydrogens (tertiary/aromatic N) is 2. The van der Waals surface area contributed by atoms with Crippen molar-refractivity contribution in [3.8, 4) is 5.75 Å². The van der Waals surface area contributed by atoms with E-state index < -0.39 is 6.10 Å². The third-order valence-corrected chi connectivity index (χ3v) is 7.13. The lowest BCUT2D eigenvalue weighted by Crippen LogP contribution is -2.56.